The molecule has 0 aliphatic heterocycles. The van der Waals surface area contributed by atoms with Crippen molar-refractivity contribution >= 4 is 57.0 Å². The molecule has 0 amide bonds. The van der Waals surface area contributed by atoms with Crippen LogP contribution in [0.5, 0.6) is 0 Å². The number of para-hydroxylation sites is 2. The zero-order valence-corrected chi connectivity index (χ0v) is 14.5. The summed E-state index contributed by atoms with van der Waals surface area (Å²) in [6.07, 6.45) is 3.08. The van der Waals surface area contributed by atoms with Gasteiger partial charge in [0, 0.05) is 32.9 Å². The van der Waals surface area contributed by atoms with Crippen molar-refractivity contribution in [1.82, 2.24) is 9.97 Å². The van der Waals surface area contributed by atoms with Crippen LogP contribution in [0.25, 0.3) is 45.1 Å². The molecule has 0 fully saturated rings. The SMILES string of the molecule is O=C(O)C1=Cc2c([nH]c3ccccc23)C(C(=O)O)=Cc2c1[nH]c1ccccc21. The van der Waals surface area contributed by atoms with Crippen molar-refractivity contribution < 1.29 is 19.8 Å². The molecule has 136 valence electrons. The summed E-state index contributed by atoms with van der Waals surface area (Å²) >= 11 is 0. The Balaban J connectivity index is 1.96. The van der Waals surface area contributed by atoms with E-state index in [9.17, 15) is 19.8 Å². The molecule has 2 aromatic carbocycles. The summed E-state index contributed by atoms with van der Waals surface area (Å²) in [5, 5.41) is 21.3. The standard InChI is InChI=1S/C22H14N2O4/c25-21(26)15-9-13-11-5-1-3-7-17(11)23-19(13)16(22(27)28)10-14-12-6-2-4-8-18(12)24-20(14)15/h1-10,23-24H,(H,25,26)(H,27,28). The van der Waals surface area contributed by atoms with Gasteiger partial charge in [-0.25, -0.2) is 9.59 Å². The maximum Gasteiger partial charge on any atom is 0.337 e. The minimum absolute atomic E-state index is 0.0814. The zero-order valence-electron chi connectivity index (χ0n) is 14.5. The van der Waals surface area contributed by atoms with Gasteiger partial charge in [0.25, 0.3) is 0 Å². The average Bonchev–Trinajstić information content (AvgIpc) is 3.19. The van der Waals surface area contributed by atoms with Crippen molar-refractivity contribution in [3.05, 3.63) is 71.0 Å². The number of aliphatic carboxylic acids is 2. The van der Waals surface area contributed by atoms with Crippen LogP contribution in [0.1, 0.15) is 22.5 Å². The highest BCUT2D eigenvalue weighted by Crippen LogP contribution is 2.38. The molecule has 28 heavy (non-hydrogen) atoms. The number of nitrogens with one attached hydrogen (secondary N) is 2. The number of hydrogen-bond donors (Lipinski definition) is 4. The van der Waals surface area contributed by atoms with Gasteiger partial charge in [-0.3, -0.25) is 0 Å². The van der Waals surface area contributed by atoms with Crippen LogP contribution in [-0.4, -0.2) is 32.1 Å². The molecule has 1 aliphatic rings. The smallest absolute Gasteiger partial charge is 0.337 e. The first kappa shape index (κ1) is 16.1. The lowest BCUT2D eigenvalue weighted by molar-refractivity contribution is -0.131. The third-order valence-electron chi connectivity index (χ3n) is 5.07. The first-order valence-electron chi connectivity index (χ1n) is 8.66. The zero-order chi connectivity index (χ0) is 19.4. The first-order valence-corrected chi connectivity index (χ1v) is 8.66. The Morgan fingerprint density at radius 3 is 1.43 bits per heavy atom. The number of benzene rings is 2. The summed E-state index contributed by atoms with van der Waals surface area (Å²) in [6, 6.07) is 14.7. The second kappa shape index (κ2) is 5.72. The Hall–Kier alpha value is -4.06. The number of aromatic amines is 2. The molecule has 5 rings (SSSR count). The van der Waals surface area contributed by atoms with Crippen molar-refractivity contribution in [2.24, 2.45) is 0 Å². The fraction of sp³-hybridized carbons (Fsp3) is 0. The number of H-pyrrole nitrogens is 2. The van der Waals surface area contributed by atoms with Gasteiger partial charge in [0.15, 0.2) is 0 Å². The molecular formula is C22H14N2O4. The van der Waals surface area contributed by atoms with Crippen molar-refractivity contribution in [2.45, 2.75) is 0 Å². The Morgan fingerprint density at radius 2 is 1.04 bits per heavy atom. The monoisotopic (exact) mass is 370 g/mol. The lowest BCUT2D eigenvalue weighted by Crippen LogP contribution is -2.07. The Kier molecular flexibility index (Phi) is 3.30. The summed E-state index contributed by atoms with van der Waals surface area (Å²) in [5.74, 6) is -2.17. The minimum atomic E-state index is -1.09. The molecule has 2 aromatic heterocycles. The predicted molar refractivity (Wildman–Crippen MR) is 108 cm³/mol. The van der Waals surface area contributed by atoms with E-state index in [4.69, 9.17) is 0 Å². The molecule has 0 saturated heterocycles. The van der Waals surface area contributed by atoms with Crippen molar-refractivity contribution in [3.63, 3.8) is 0 Å². The van der Waals surface area contributed by atoms with Crippen LogP contribution < -0.4 is 0 Å². The fourth-order valence-electron chi connectivity index (χ4n) is 3.82. The molecule has 0 saturated carbocycles. The molecule has 2 heterocycles. The summed E-state index contributed by atoms with van der Waals surface area (Å²) in [4.78, 5) is 30.5. The van der Waals surface area contributed by atoms with E-state index in [2.05, 4.69) is 9.97 Å². The summed E-state index contributed by atoms with van der Waals surface area (Å²) < 4.78 is 0. The second-order valence-electron chi connectivity index (χ2n) is 6.64. The van der Waals surface area contributed by atoms with E-state index < -0.39 is 11.9 Å². The largest absolute Gasteiger partial charge is 0.478 e. The number of aromatic nitrogens is 2. The maximum atomic E-state index is 12.1. The maximum absolute atomic E-state index is 12.1. The average molecular weight is 370 g/mol. The van der Waals surface area contributed by atoms with Gasteiger partial charge < -0.3 is 20.2 Å². The number of carboxylic acid groups (broad SMARTS) is 2. The van der Waals surface area contributed by atoms with E-state index in [-0.39, 0.29) is 11.1 Å². The van der Waals surface area contributed by atoms with E-state index >= 15 is 0 Å². The molecule has 0 spiro atoms. The highest BCUT2D eigenvalue weighted by Gasteiger charge is 2.26. The van der Waals surface area contributed by atoms with Gasteiger partial charge in [-0.2, -0.15) is 0 Å². The molecule has 0 bridgehead atoms. The minimum Gasteiger partial charge on any atom is -0.478 e. The van der Waals surface area contributed by atoms with E-state index in [0.29, 0.717) is 22.5 Å². The summed E-state index contributed by atoms with van der Waals surface area (Å²) in [5.41, 5.74) is 3.53. The lowest BCUT2D eigenvalue weighted by Gasteiger charge is -2.10. The quantitative estimate of drug-likeness (QED) is 0.424. The molecule has 4 N–H and O–H groups in total. The highest BCUT2D eigenvalue weighted by atomic mass is 16.4. The number of fused-ring (bicyclic) bond motifs is 6. The molecule has 4 aromatic rings. The fourth-order valence-corrected chi connectivity index (χ4v) is 3.82. The Labute approximate surface area is 158 Å². The first-order chi connectivity index (χ1) is 13.5. The van der Waals surface area contributed by atoms with Crippen molar-refractivity contribution in [1.29, 1.82) is 0 Å². The van der Waals surface area contributed by atoms with Gasteiger partial charge in [0.2, 0.25) is 0 Å². The van der Waals surface area contributed by atoms with Crippen LogP contribution in [0.15, 0.2) is 48.5 Å². The Bertz CT molecular complexity index is 1260. The Morgan fingerprint density at radius 1 is 0.643 bits per heavy atom. The predicted octanol–water partition coefficient (Wildman–Crippen LogP) is 4.21. The number of rotatable bonds is 2. The van der Waals surface area contributed by atoms with Crippen molar-refractivity contribution in [2.75, 3.05) is 0 Å². The molecule has 0 unspecified atom stereocenters. The number of hydrogen-bond acceptors (Lipinski definition) is 2. The third kappa shape index (κ3) is 2.21. The summed E-state index contributed by atoms with van der Waals surface area (Å²) in [7, 11) is 0. The second-order valence-corrected chi connectivity index (χ2v) is 6.64. The normalized spacial score (nSPS) is 13.3. The molecule has 6 heteroatoms. The lowest BCUT2D eigenvalue weighted by atomic mass is 9.94. The van der Waals surface area contributed by atoms with Gasteiger partial charge in [0.05, 0.1) is 22.5 Å². The number of carboxylic acids is 2. The number of carbonyl (C=O) groups is 2. The van der Waals surface area contributed by atoms with Gasteiger partial charge in [0.1, 0.15) is 0 Å². The van der Waals surface area contributed by atoms with E-state index in [1.165, 1.54) is 0 Å². The molecule has 6 nitrogen and oxygen atoms in total. The van der Waals surface area contributed by atoms with Crippen LogP contribution in [0.2, 0.25) is 0 Å². The molecule has 1 aliphatic carbocycles. The van der Waals surface area contributed by atoms with Crippen molar-refractivity contribution in [3.8, 4) is 0 Å². The van der Waals surface area contributed by atoms with Gasteiger partial charge in [-0.15, -0.1) is 0 Å². The highest BCUT2D eigenvalue weighted by molar-refractivity contribution is 6.29. The van der Waals surface area contributed by atoms with Gasteiger partial charge in [-0.05, 0) is 24.3 Å². The van der Waals surface area contributed by atoms with E-state index in [0.717, 1.165) is 21.8 Å². The van der Waals surface area contributed by atoms with Gasteiger partial charge >= 0.3 is 11.9 Å². The van der Waals surface area contributed by atoms with Crippen LogP contribution >= 0.6 is 0 Å². The molecule has 0 radical (unpaired) electrons. The van der Waals surface area contributed by atoms with Crippen LogP contribution in [0.3, 0.4) is 0 Å². The van der Waals surface area contributed by atoms with Gasteiger partial charge in [-0.1, -0.05) is 36.4 Å². The van der Waals surface area contributed by atoms with Crippen LogP contribution in [-0.2, 0) is 9.59 Å². The van der Waals surface area contributed by atoms with E-state index in [1.807, 2.05) is 48.5 Å². The third-order valence-corrected chi connectivity index (χ3v) is 5.07. The van der Waals surface area contributed by atoms with Crippen LogP contribution in [0.4, 0.5) is 0 Å². The van der Waals surface area contributed by atoms with Crippen LogP contribution in [0, 0.1) is 0 Å². The summed E-state index contributed by atoms with van der Waals surface area (Å²) in [6.45, 7) is 0. The molecular weight excluding hydrogens is 356 g/mol. The molecule has 0 atom stereocenters. The van der Waals surface area contributed by atoms with E-state index in [1.54, 1.807) is 12.2 Å². The topological polar surface area (TPSA) is 106 Å².